The molecule has 0 aromatic rings. The van der Waals surface area contributed by atoms with E-state index in [4.69, 9.17) is 18.9 Å². The van der Waals surface area contributed by atoms with Crippen molar-refractivity contribution in [3.8, 4) is 0 Å². The SMILES string of the molecule is CCCCCCC/C=C\C/C=C\C/C=C\CCCCCCCCCCCCC(=O)OC(COCCCCCCCCCCCCCCCC/C=C\C/C=C\CCCCCCC)COC1OC(CO)C(O)C(O)C1O. The van der Waals surface area contributed by atoms with E-state index in [9.17, 15) is 25.2 Å². The molecule has 0 aromatic heterocycles. The van der Waals surface area contributed by atoms with Gasteiger partial charge in [0.25, 0.3) is 0 Å². The molecule has 0 aliphatic carbocycles. The number of aliphatic hydroxyl groups excluding tert-OH is 4. The number of carbonyl (C=O) groups is 1. The normalized spacial score (nSPS) is 18.9. The molecule has 0 saturated carbocycles. The standard InChI is InChI=1S/C65H118O9/c1-3-5-7-9-11-13-15-17-19-21-23-25-27-29-31-33-35-37-39-41-43-45-47-49-51-53-55-71-57-59(58-72-65-64(70)63(69)62(68)60(56-66)74-65)73-61(67)54-52-50-48-46-44-42-40-38-36-34-32-30-28-26-24-22-20-18-16-14-12-10-8-6-4-2/h15-18,21-24,28,30,59-60,62-66,68-70H,3-14,19-20,25-27,29,31-58H2,1-2H3/b17-15-,18-16-,23-21-,24-22-,30-28-. The van der Waals surface area contributed by atoms with E-state index in [0.717, 1.165) is 51.4 Å². The Balaban J connectivity index is 2.13. The van der Waals surface area contributed by atoms with Crippen LogP contribution in [0.25, 0.3) is 0 Å². The summed E-state index contributed by atoms with van der Waals surface area (Å²) in [6, 6.07) is 0. The summed E-state index contributed by atoms with van der Waals surface area (Å²) in [5, 5.41) is 40.4. The molecular formula is C65H118O9. The largest absolute Gasteiger partial charge is 0.457 e. The van der Waals surface area contributed by atoms with Crippen LogP contribution in [0.2, 0.25) is 0 Å². The summed E-state index contributed by atoms with van der Waals surface area (Å²) >= 11 is 0. The molecule has 1 saturated heterocycles. The van der Waals surface area contributed by atoms with Crippen LogP contribution in [0.3, 0.4) is 0 Å². The van der Waals surface area contributed by atoms with Gasteiger partial charge in [-0.2, -0.15) is 0 Å². The van der Waals surface area contributed by atoms with Crippen LogP contribution < -0.4 is 0 Å². The lowest BCUT2D eigenvalue weighted by molar-refractivity contribution is -0.305. The molecule has 74 heavy (non-hydrogen) atoms. The van der Waals surface area contributed by atoms with Crippen molar-refractivity contribution in [1.82, 2.24) is 0 Å². The first kappa shape index (κ1) is 69.9. The summed E-state index contributed by atoms with van der Waals surface area (Å²) in [7, 11) is 0. The van der Waals surface area contributed by atoms with Crippen molar-refractivity contribution in [2.45, 2.75) is 320 Å². The topological polar surface area (TPSA) is 135 Å². The van der Waals surface area contributed by atoms with Crippen LogP contribution in [0.15, 0.2) is 60.8 Å². The lowest BCUT2D eigenvalue weighted by Gasteiger charge is -2.39. The summed E-state index contributed by atoms with van der Waals surface area (Å²) in [5.41, 5.74) is 0. The van der Waals surface area contributed by atoms with Crippen LogP contribution in [-0.2, 0) is 23.7 Å². The molecule has 9 heteroatoms. The number of hydrogen-bond donors (Lipinski definition) is 4. The Kier molecular flexibility index (Phi) is 52.6. The fourth-order valence-corrected chi connectivity index (χ4v) is 9.53. The minimum atomic E-state index is -1.54. The fraction of sp³-hybridized carbons (Fsp3) is 0.831. The number of rotatable bonds is 55. The third-order valence-electron chi connectivity index (χ3n) is 14.4. The van der Waals surface area contributed by atoms with Crippen molar-refractivity contribution in [2.75, 3.05) is 26.4 Å². The van der Waals surface area contributed by atoms with Gasteiger partial charge in [-0.15, -0.1) is 0 Å². The molecule has 1 fully saturated rings. The summed E-state index contributed by atoms with van der Waals surface area (Å²) in [5.74, 6) is -0.315. The number of unbranched alkanes of at least 4 members (excludes halogenated alkanes) is 34. The van der Waals surface area contributed by atoms with E-state index in [1.807, 2.05) is 0 Å². The second-order valence-electron chi connectivity index (χ2n) is 21.5. The van der Waals surface area contributed by atoms with Gasteiger partial charge >= 0.3 is 5.97 Å². The third kappa shape index (κ3) is 45.0. The Morgan fingerprint density at radius 1 is 0.432 bits per heavy atom. The Morgan fingerprint density at radius 2 is 0.784 bits per heavy atom. The number of aliphatic hydroxyl groups is 4. The Morgan fingerprint density at radius 3 is 1.18 bits per heavy atom. The molecular weight excluding hydrogens is 925 g/mol. The lowest BCUT2D eigenvalue weighted by Crippen LogP contribution is -2.59. The van der Waals surface area contributed by atoms with Gasteiger partial charge in [-0.3, -0.25) is 4.79 Å². The maximum atomic E-state index is 12.9. The summed E-state index contributed by atoms with van der Waals surface area (Å²) in [6.07, 6.45) is 67.0. The smallest absolute Gasteiger partial charge is 0.306 e. The second kappa shape index (κ2) is 55.6. The van der Waals surface area contributed by atoms with E-state index in [1.165, 1.54) is 212 Å². The summed E-state index contributed by atoms with van der Waals surface area (Å²) in [4.78, 5) is 12.9. The zero-order valence-electron chi connectivity index (χ0n) is 48.1. The maximum Gasteiger partial charge on any atom is 0.306 e. The molecule has 9 nitrogen and oxygen atoms in total. The molecule has 0 radical (unpaired) electrons. The number of esters is 1. The summed E-state index contributed by atoms with van der Waals surface area (Å²) in [6.45, 7) is 4.57. The van der Waals surface area contributed by atoms with Crippen LogP contribution >= 0.6 is 0 Å². The van der Waals surface area contributed by atoms with Gasteiger partial charge in [-0.25, -0.2) is 0 Å². The molecule has 4 N–H and O–H groups in total. The number of allylic oxidation sites excluding steroid dienone is 10. The Hall–Kier alpha value is -2.11. The van der Waals surface area contributed by atoms with Crippen LogP contribution in [-0.4, -0.2) is 89.6 Å². The van der Waals surface area contributed by atoms with E-state index in [1.54, 1.807) is 0 Å². The number of ether oxygens (including phenoxy) is 4. The average Bonchev–Trinajstić information content (AvgIpc) is 3.40. The van der Waals surface area contributed by atoms with Gasteiger partial charge in [-0.05, 0) is 83.5 Å². The van der Waals surface area contributed by atoms with E-state index in [0.29, 0.717) is 13.0 Å². The maximum absolute atomic E-state index is 12.9. The molecule has 1 rings (SSSR count). The molecule has 432 valence electrons. The van der Waals surface area contributed by atoms with Crippen LogP contribution in [0.5, 0.6) is 0 Å². The number of carbonyl (C=O) groups excluding carboxylic acids is 1. The van der Waals surface area contributed by atoms with Gasteiger partial charge in [0.15, 0.2) is 6.29 Å². The predicted molar refractivity (Wildman–Crippen MR) is 311 cm³/mol. The van der Waals surface area contributed by atoms with E-state index in [-0.39, 0.29) is 19.2 Å². The highest BCUT2D eigenvalue weighted by Gasteiger charge is 2.44. The predicted octanol–water partition coefficient (Wildman–Crippen LogP) is 16.9. The van der Waals surface area contributed by atoms with Crippen LogP contribution in [0.1, 0.15) is 284 Å². The average molecular weight is 1040 g/mol. The fourth-order valence-electron chi connectivity index (χ4n) is 9.53. The molecule has 6 atom stereocenters. The minimum absolute atomic E-state index is 0.115. The first-order valence-corrected chi connectivity index (χ1v) is 31.4. The first-order valence-electron chi connectivity index (χ1n) is 31.4. The zero-order chi connectivity index (χ0) is 53.5. The molecule has 0 bridgehead atoms. The van der Waals surface area contributed by atoms with Crippen molar-refractivity contribution in [3.05, 3.63) is 60.8 Å². The van der Waals surface area contributed by atoms with E-state index >= 15 is 0 Å². The molecule has 0 spiro atoms. The highest BCUT2D eigenvalue weighted by atomic mass is 16.7. The van der Waals surface area contributed by atoms with Gasteiger partial charge in [0, 0.05) is 13.0 Å². The quantitative estimate of drug-likeness (QED) is 0.0267. The van der Waals surface area contributed by atoms with E-state index < -0.39 is 43.4 Å². The van der Waals surface area contributed by atoms with Gasteiger partial charge in [-0.1, -0.05) is 254 Å². The highest BCUT2D eigenvalue weighted by molar-refractivity contribution is 5.69. The second-order valence-corrected chi connectivity index (χ2v) is 21.5. The van der Waals surface area contributed by atoms with Crippen molar-refractivity contribution in [2.24, 2.45) is 0 Å². The van der Waals surface area contributed by atoms with Gasteiger partial charge < -0.3 is 39.4 Å². The van der Waals surface area contributed by atoms with Crippen LogP contribution in [0, 0.1) is 0 Å². The van der Waals surface area contributed by atoms with Crippen LogP contribution in [0.4, 0.5) is 0 Å². The van der Waals surface area contributed by atoms with Gasteiger partial charge in [0.1, 0.15) is 30.5 Å². The highest BCUT2D eigenvalue weighted by Crippen LogP contribution is 2.23. The zero-order valence-corrected chi connectivity index (χ0v) is 48.1. The van der Waals surface area contributed by atoms with Gasteiger partial charge in [0.05, 0.1) is 19.8 Å². The molecule has 1 aliphatic rings. The summed E-state index contributed by atoms with van der Waals surface area (Å²) < 4.78 is 23.0. The van der Waals surface area contributed by atoms with Crippen molar-refractivity contribution >= 4 is 5.97 Å². The molecule has 6 unspecified atom stereocenters. The molecule has 1 aliphatic heterocycles. The Labute approximate surface area is 455 Å². The first-order chi connectivity index (χ1) is 36.4. The van der Waals surface area contributed by atoms with Crippen molar-refractivity contribution < 1.29 is 44.2 Å². The third-order valence-corrected chi connectivity index (χ3v) is 14.4. The number of hydrogen-bond acceptors (Lipinski definition) is 9. The monoisotopic (exact) mass is 1040 g/mol. The lowest BCUT2D eigenvalue weighted by atomic mass is 9.99. The van der Waals surface area contributed by atoms with Crippen molar-refractivity contribution in [3.63, 3.8) is 0 Å². The Bertz CT molecular complexity index is 1330. The molecule has 1 heterocycles. The molecule has 0 aromatic carbocycles. The molecule has 0 amide bonds. The van der Waals surface area contributed by atoms with Crippen molar-refractivity contribution in [1.29, 1.82) is 0 Å². The van der Waals surface area contributed by atoms with E-state index in [2.05, 4.69) is 74.6 Å². The van der Waals surface area contributed by atoms with Gasteiger partial charge in [0.2, 0.25) is 0 Å². The minimum Gasteiger partial charge on any atom is -0.457 e.